The van der Waals surface area contributed by atoms with Crippen molar-refractivity contribution in [2.45, 2.75) is 271 Å². The minimum atomic E-state index is -0.559. The number of carbonyl (C=O) groups is 2. The molecule has 0 saturated heterocycles. The van der Waals surface area contributed by atoms with Crippen molar-refractivity contribution in [1.82, 2.24) is 0 Å². The van der Waals surface area contributed by atoms with Crippen LogP contribution in [0.4, 0.5) is 0 Å². The molecule has 0 N–H and O–H groups in total. The molecule has 66 heavy (non-hydrogen) atoms. The molecule has 0 aromatic rings. The highest BCUT2D eigenvalue weighted by atomic mass is 16.6. The summed E-state index contributed by atoms with van der Waals surface area (Å²) in [5.74, 6) is -0.438. The summed E-state index contributed by atoms with van der Waals surface area (Å²) in [5, 5.41) is 0. The van der Waals surface area contributed by atoms with Crippen LogP contribution < -0.4 is 0 Å². The van der Waals surface area contributed by atoms with Crippen LogP contribution in [0, 0.1) is 0 Å². The van der Waals surface area contributed by atoms with E-state index in [1.54, 1.807) is 0 Å². The molecule has 5 nitrogen and oxygen atoms in total. The lowest BCUT2D eigenvalue weighted by Gasteiger charge is -2.18. The highest BCUT2D eigenvalue weighted by molar-refractivity contribution is 5.70. The van der Waals surface area contributed by atoms with Crippen molar-refractivity contribution in [3.05, 3.63) is 85.1 Å². The summed E-state index contributed by atoms with van der Waals surface area (Å²) in [6, 6.07) is 0. The summed E-state index contributed by atoms with van der Waals surface area (Å²) in [6.45, 7) is 7.66. The van der Waals surface area contributed by atoms with Gasteiger partial charge in [-0.25, -0.2) is 0 Å². The van der Waals surface area contributed by atoms with E-state index in [1.807, 2.05) is 0 Å². The van der Waals surface area contributed by atoms with Crippen LogP contribution in [0.5, 0.6) is 0 Å². The number of allylic oxidation sites excluding steroid dienone is 14. The van der Waals surface area contributed by atoms with Crippen molar-refractivity contribution < 1.29 is 23.8 Å². The Hall–Kier alpha value is -2.92. The topological polar surface area (TPSA) is 61.8 Å². The molecule has 380 valence electrons. The Labute approximate surface area is 409 Å². The lowest BCUT2D eigenvalue weighted by Crippen LogP contribution is -2.30. The lowest BCUT2D eigenvalue weighted by atomic mass is 10.1. The maximum atomic E-state index is 12.8. The molecule has 1 unspecified atom stereocenters. The molecule has 0 aromatic carbocycles. The average Bonchev–Trinajstić information content (AvgIpc) is 3.32. The van der Waals surface area contributed by atoms with Gasteiger partial charge in [-0.2, -0.15) is 0 Å². The Bertz CT molecular complexity index is 1220. The van der Waals surface area contributed by atoms with Gasteiger partial charge in [-0.05, 0) is 116 Å². The molecule has 0 saturated carbocycles. The third kappa shape index (κ3) is 53.7. The maximum Gasteiger partial charge on any atom is 0.306 e. The predicted octanol–water partition coefficient (Wildman–Crippen LogP) is 19.2. The molecule has 0 radical (unpaired) electrons. The first-order valence-electron chi connectivity index (χ1n) is 28.1. The number of unbranched alkanes of at least 4 members (excludes halogenated alkanes) is 26. The zero-order valence-electron chi connectivity index (χ0n) is 43.7. The molecule has 0 aliphatic carbocycles. The lowest BCUT2D eigenvalue weighted by molar-refractivity contribution is -0.163. The Kier molecular flexibility index (Phi) is 53.9. The Morgan fingerprint density at radius 3 is 1.14 bits per heavy atom. The normalized spacial score (nSPS) is 12.8. The van der Waals surface area contributed by atoms with Gasteiger partial charge >= 0.3 is 11.9 Å². The first-order valence-corrected chi connectivity index (χ1v) is 28.1. The van der Waals surface area contributed by atoms with E-state index in [9.17, 15) is 9.59 Å². The third-order valence-electron chi connectivity index (χ3n) is 11.9. The third-order valence-corrected chi connectivity index (χ3v) is 11.9. The van der Waals surface area contributed by atoms with Crippen LogP contribution in [0.25, 0.3) is 0 Å². The van der Waals surface area contributed by atoms with E-state index in [-0.39, 0.29) is 25.2 Å². The van der Waals surface area contributed by atoms with Crippen LogP contribution in [-0.4, -0.2) is 37.9 Å². The summed E-state index contributed by atoms with van der Waals surface area (Å²) >= 11 is 0. The van der Waals surface area contributed by atoms with E-state index in [0.29, 0.717) is 19.4 Å². The van der Waals surface area contributed by atoms with E-state index in [1.165, 1.54) is 128 Å². The van der Waals surface area contributed by atoms with Gasteiger partial charge in [0.05, 0.1) is 6.61 Å². The SMILES string of the molecule is CC/C=C\C/C=C\C/C=C\C/C=C\CCCCCCC(=O)OCC(COCCCCCCCCCC/C=C\CCCCCCCC)OC(=O)CCCCCCC/C=C\C/C=C\CCCCC. The van der Waals surface area contributed by atoms with E-state index < -0.39 is 6.10 Å². The highest BCUT2D eigenvalue weighted by Gasteiger charge is 2.17. The molecular formula is C61H106O5. The highest BCUT2D eigenvalue weighted by Crippen LogP contribution is 2.14. The Morgan fingerprint density at radius 2 is 0.682 bits per heavy atom. The molecule has 0 heterocycles. The molecule has 0 aliphatic heterocycles. The van der Waals surface area contributed by atoms with Crippen LogP contribution in [0.3, 0.4) is 0 Å². The fraction of sp³-hybridized carbons (Fsp3) is 0.738. The smallest absolute Gasteiger partial charge is 0.306 e. The first kappa shape index (κ1) is 63.1. The van der Waals surface area contributed by atoms with Crippen molar-refractivity contribution in [2.75, 3.05) is 19.8 Å². The van der Waals surface area contributed by atoms with E-state index in [4.69, 9.17) is 14.2 Å². The average molecular weight is 920 g/mol. The zero-order valence-corrected chi connectivity index (χ0v) is 43.7. The van der Waals surface area contributed by atoms with Crippen LogP contribution in [0.1, 0.15) is 265 Å². The quantitative estimate of drug-likeness (QED) is 0.0346. The second-order valence-electron chi connectivity index (χ2n) is 18.4. The fourth-order valence-corrected chi connectivity index (χ4v) is 7.70. The maximum absolute atomic E-state index is 12.8. The summed E-state index contributed by atoms with van der Waals surface area (Å²) in [5.41, 5.74) is 0. The van der Waals surface area contributed by atoms with Gasteiger partial charge in [0.2, 0.25) is 0 Å². The van der Waals surface area contributed by atoms with Gasteiger partial charge < -0.3 is 14.2 Å². The van der Waals surface area contributed by atoms with Crippen LogP contribution in [0.2, 0.25) is 0 Å². The Balaban J connectivity index is 4.34. The number of rotatable bonds is 51. The van der Waals surface area contributed by atoms with Gasteiger partial charge in [0.1, 0.15) is 6.61 Å². The van der Waals surface area contributed by atoms with Crippen LogP contribution in [-0.2, 0) is 23.8 Å². The minimum Gasteiger partial charge on any atom is -0.462 e. The number of carbonyl (C=O) groups excluding carboxylic acids is 2. The van der Waals surface area contributed by atoms with Crippen molar-refractivity contribution in [2.24, 2.45) is 0 Å². The zero-order chi connectivity index (χ0) is 47.7. The van der Waals surface area contributed by atoms with E-state index in [2.05, 4.69) is 106 Å². The van der Waals surface area contributed by atoms with Gasteiger partial charge in [-0.15, -0.1) is 0 Å². The summed E-state index contributed by atoms with van der Waals surface area (Å²) < 4.78 is 17.4. The van der Waals surface area contributed by atoms with Crippen molar-refractivity contribution in [3.8, 4) is 0 Å². The molecular weight excluding hydrogens is 813 g/mol. The summed E-state index contributed by atoms with van der Waals surface area (Å²) in [6.07, 6.45) is 74.5. The van der Waals surface area contributed by atoms with Gasteiger partial charge in [0, 0.05) is 19.4 Å². The van der Waals surface area contributed by atoms with Crippen LogP contribution in [0.15, 0.2) is 85.1 Å². The molecule has 0 rings (SSSR count). The standard InChI is InChI=1S/C61H106O5/c1-4-7-10-13-16-19-22-25-28-30-32-35-38-41-44-47-50-53-56-64-57-59(66-61(63)55-52-49-46-43-40-37-33-27-24-21-18-15-12-9-6-3)58-65-60(62)54-51-48-45-42-39-36-34-31-29-26-23-20-17-14-11-8-5-2/h8,11,17-18,20-21,25-29,33-34,36,59H,4-7,9-10,12-16,19,22-24,30-32,35,37-58H2,1-3H3/b11-8-,20-17-,21-18-,28-25-,29-26-,33-27-,36-34-. The molecule has 0 fully saturated rings. The van der Waals surface area contributed by atoms with Gasteiger partial charge in [0.15, 0.2) is 6.10 Å². The van der Waals surface area contributed by atoms with Gasteiger partial charge in [-0.1, -0.05) is 221 Å². The van der Waals surface area contributed by atoms with Crippen molar-refractivity contribution in [1.29, 1.82) is 0 Å². The van der Waals surface area contributed by atoms with Crippen LogP contribution >= 0.6 is 0 Å². The number of hydrogen-bond acceptors (Lipinski definition) is 5. The van der Waals surface area contributed by atoms with Crippen molar-refractivity contribution >= 4 is 11.9 Å². The second-order valence-corrected chi connectivity index (χ2v) is 18.4. The molecule has 0 bridgehead atoms. The van der Waals surface area contributed by atoms with E-state index >= 15 is 0 Å². The first-order chi connectivity index (χ1) is 32.6. The monoisotopic (exact) mass is 919 g/mol. The summed E-state index contributed by atoms with van der Waals surface area (Å²) in [4.78, 5) is 25.5. The minimum absolute atomic E-state index is 0.0630. The van der Waals surface area contributed by atoms with E-state index in [0.717, 1.165) is 103 Å². The summed E-state index contributed by atoms with van der Waals surface area (Å²) in [7, 11) is 0. The fourth-order valence-electron chi connectivity index (χ4n) is 7.70. The van der Waals surface area contributed by atoms with Crippen molar-refractivity contribution in [3.63, 3.8) is 0 Å². The second kappa shape index (κ2) is 56.4. The predicted molar refractivity (Wildman–Crippen MR) is 288 cm³/mol. The number of hydrogen-bond donors (Lipinski definition) is 0. The molecule has 5 heteroatoms. The molecule has 1 atom stereocenters. The van der Waals surface area contributed by atoms with Gasteiger partial charge in [-0.3, -0.25) is 9.59 Å². The molecule has 0 amide bonds. The largest absolute Gasteiger partial charge is 0.462 e. The number of ether oxygens (including phenoxy) is 3. The Morgan fingerprint density at radius 1 is 0.348 bits per heavy atom. The molecule has 0 aliphatic rings. The molecule has 0 spiro atoms. The number of esters is 2. The molecule has 0 aromatic heterocycles. The van der Waals surface area contributed by atoms with Gasteiger partial charge in [0.25, 0.3) is 0 Å².